The van der Waals surface area contributed by atoms with Crippen molar-refractivity contribution >= 4 is 5.97 Å². The molecule has 84 valence electrons. The van der Waals surface area contributed by atoms with Crippen LogP contribution < -0.4 is 5.32 Å². The Morgan fingerprint density at radius 3 is 3.00 bits per heavy atom. The van der Waals surface area contributed by atoms with E-state index in [-0.39, 0.29) is 11.8 Å². The van der Waals surface area contributed by atoms with E-state index in [9.17, 15) is 4.79 Å². The topological polar surface area (TPSA) is 49.3 Å². The predicted octanol–water partition coefficient (Wildman–Crippen LogP) is 1.52. The molecule has 3 rings (SSSR count). The number of hydrogen-bond donors (Lipinski definition) is 2. The van der Waals surface area contributed by atoms with Gasteiger partial charge in [-0.2, -0.15) is 0 Å². The summed E-state index contributed by atoms with van der Waals surface area (Å²) in [6.07, 6.45) is 1.88. The number of carboxylic acids is 1. The summed E-state index contributed by atoms with van der Waals surface area (Å²) in [5.74, 6) is -0.526. The Kier molecular flexibility index (Phi) is 2.21. The van der Waals surface area contributed by atoms with Crippen molar-refractivity contribution in [3.05, 3.63) is 34.9 Å². The van der Waals surface area contributed by atoms with E-state index in [1.807, 2.05) is 0 Å². The number of aliphatic carboxylic acids is 1. The summed E-state index contributed by atoms with van der Waals surface area (Å²) in [6, 6.07) is 6.46. The summed E-state index contributed by atoms with van der Waals surface area (Å²) in [7, 11) is 0. The highest BCUT2D eigenvalue weighted by Crippen LogP contribution is 2.47. The molecule has 3 heteroatoms. The highest BCUT2D eigenvalue weighted by Gasteiger charge is 2.44. The molecule has 2 N–H and O–H groups in total. The van der Waals surface area contributed by atoms with Crippen LogP contribution in [0.3, 0.4) is 0 Å². The number of benzene rings is 1. The first-order valence-corrected chi connectivity index (χ1v) is 5.81. The van der Waals surface area contributed by atoms with Crippen LogP contribution in [0.15, 0.2) is 18.2 Å². The molecule has 0 aromatic heterocycles. The van der Waals surface area contributed by atoms with Gasteiger partial charge in [0.1, 0.15) is 0 Å². The Morgan fingerprint density at radius 2 is 2.25 bits per heavy atom. The van der Waals surface area contributed by atoms with E-state index in [1.54, 1.807) is 0 Å². The minimum atomic E-state index is -0.649. The molecule has 3 nitrogen and oxygen atoms in total. The molecule has 2 aliphatic rings. The van der Waals surface area contributed by atoms with Crippen LogP contribution in [0.4, 0.5) is 0 Å². The molecule has 1 aliphatic carbocycles. The lowest BCUT2D eigenvalue weighted by Crippen LogP contribution is -2.23. The quantitative estimate of drug-likeness (QED) is 0.789. The van der Waals surface area contributed by atoms with Crippen LogP contribution in [-0.2, 0) is 17.8 Å². The normalized spacial score (nSPS) is 27.2. The zero-order valence-electron chi connectivity index (χ0n) is 9.07. The summed E-state index contributed by atoms with van der Waals surface area (Å²) in [5.41, 5.74) is 3.97. The summed E-state index contributed by atoms with van der Waals surface area (Å²) in [5, 5.41) is 12.3. The van der Waals surface area contributed by atoms with Crippen molar-refractivity contribution in [2.24, 2.45) is 5.92 Å². The van der Waals surface area contributed by atoms with Gasteiger partial charge in [-0.1, -0.05) is 18.2 Å². The zero-order valence-corrected chi connectivity index (χ0v) is 9.07. The Bertz CT molecular complexity index is 442. The number of fused-ring (bicyclic) bond motifs is 1. The van der Waals surface area contributed by atoms with Crippen LogP contribution in [0.5, 0.6) is 0 Å². The predicted molar refractivity (Wildman–Crippen MR) is 60.3 cm³/mol. The Hall–Kier alpha value is -1.35. The maximum Gasteiger partial charge on any atom is 0.307 e. The van der Waals surface area contributed by atoms with E-state index < -0.39 is 5.97 Å². The lowest BCUT2D eigenvalue weighted by atomic mass is 9.96. The molecule has 0 radical (unpaired) electrons. The van der Waals surface area contributed by atoms with Crippen molar-refractivity contribution in [3.63, 3.8) is 0 Å². The summed E-state index contributed by atoms with van der Waals surface area (Å²) < 4.78 is 0. The fraction of sp³-hybridized carbons (Fsp3) is 0.462. The second-order valence-corrected chi connectivity index (χ2v) is 4.74. The highest BCUT2D eigenvalue weighted by atomic mass is 16.4. The van der Waals surface area contributed by atoms with Gasteiger partial charge in [-0.3, -0.25) is 4.79 Å². The average molecular weight is 217 g/mol. The fourth-order valence-corrected chi connectivity index (χ4v) is 2.56. The summed E-state index contributed by atoms with van der Waals surface area (Å²) in [6.45, 7) is 1.98. The number of rotatable bonds is 2. The van der Waals surface area contributed by atoms with Crippen LogP contribution in [0.1, 0.15) is 29.0 Å². The van der Waals surface area contributed by atoms with Gasteiger partial charge in [-0.15, -0.1) is 0 Å². The molecule has 1 aromatic carbocycles. The number of carboxylic acid groups (broad SMARTS) is 1. The highest BCUT2D eigenvalue weighted by molar-refractivity contribution is 5.75. The van der Waals surface area contributed by atoms with E-state index in [1.165, 1.54) is 16.7 Å². The second kappa shape index (κ2) is 3.59. The van der Waals surface area contributed by atoms with Crippen LogP contribution in [0.2, 0.25) is 0 Å². The van der Waals surface area contributed by atoms with E-state index >= 15 is 0 Å². The standard InChI is InChI=1S/C13H15NO2/c15-13(16)12-6-11(12)9-1-2-10-7-14-4-3-8(10)5-9/h1-2,5,11-12,14H,3-4,6-7H2,(H,15,16). The number of nitrogens with one attached hydrogen (secondary N) is 1. The van der Waals surface area contributed by atoms with Crippen LogP contribution >= 0.6 is 0 Å². The molecule has 1 saturated carbocycles. The van der Waals surface area contributed by atoms with Gasteiger partial charge in [0.05, 0.1) is 5.92 Å². The molecule has 1 heterocycles. The molecular weight excluding hydrogens is 202 g/mol. The Morgan fingerprint density at radius 1 is 1.38 bits per heavy atom. The van der Waals surface area contributed by atoms with Crippen molar-refractivity contribution in [2.45, 2.75) is 25.3 Å². The van der Waals surface area contributed by atoms with Crippen LogP contribution in [0, 0.1) is 5.92 Å². The van der Waals surface area contributed by atoms with E-state index in [0.29, 0.717) is 0 Å². The van der Waals surface area contributed by atoms with E-state index in [0.717, 1.165) is 25.9 Å². The zero-order chi connectivity index (χ0) is 11.1. The molecule has 0 bridgehead atoms. The van der Waals surface area contributed by atoms with Gasteiger partial charge >= 0.3 is 5.97 Å². The molecule has 16 heavy (non-hydrogen) atoms. The fourth-order valence-electron chi connectivity index (χ4n) is 2.56. The van der Waals surface area contributed by atoms with Crippen molar-refractivity contribution in [1.82, 2.24) is 5.32 Å². The molecule has 1 fully saturated rings. The molecule has 0 amide bonds. The lowest BCUT2D eigenvalue weighted by Gasteiger charge is -2.17. The molecule has 0 saturated heterocycles. The van der Waals surface area contributed by atoms with Gasteiger partial charge in [-0.25, -0.2) is 0 Å². The maximum absolute atomic E-state index is 10.8. The monoisotopic (exact) mass is 217 g/mol. The second-order valence-electron chi connectivity index (χ2n) is 4.74. The molecule has 1 aromatic rings. The van der Waals surface area contributed by atoms with Gasteiger partial charge < -0.3 is 10.4 Å². The molecule has 1 aliphatic heterocycles. The van der Waals surface area contributed by atoms with E-state index in [2.05, 4.69) is 23.5 Å². The molecule has 0 spiro atoms. The largest absolute Gasteiger partial charge is 0.481 e. The maximum atomic E-state index is 10.8. The van der Waals surface area contributed by atoms with Crippen molar-refractivity contribution in [2.75, 3.05) is 6.54 Å². The Labute approximate surface area is 94.5 Å². The Balaban J connectivity index is 1.85. The summed E-state index contributed by atoms with van der Waals surface area (Å²) in [4.78, 5) is 10.8. The minimum absolute atomic E-state index is 0.139. The van der Waals surface area contributed by atoms with Crippen molar-refractivity contribution < 1.29 is 9.90 Å². The third-order valence-corrected chi connectivity index (χ3v) is 3.65. The minimum Gasteiger partial charge on any atom is -0.481 e. The third kappa shape index (κ3) is 1.61. The van der Waals surface area contributed by atoms with Crippen molar-refractivity contribution in [1.29, 1.82) is 0 Å². The van der Waals surface area contributed by atoms with Gasteiger partial charge in [-0.05, 0) is 42.0 Å². The van der Waals surface area contributed by atoms with Crippen LogP contribution in [-0.4, -0.2) is 17.6 Å². The van der Waals surface area contributed by atoms with Gasteiger partial charge in [0.15, 0.2) is 0 Å². The van der Waals surface area contributed by atoms with Crippen molar-refractivity contribution in [3.8, 4) is 0 Å². The SMILES string of the molecule is O=C(O)C1CC1c1ccc2c(c1)CCNC2. The van der Waals surface area contributed by atoms with Crippen LogP contribution in [0.25, 0.3) is 0 Å². The first-order chi connectivity index (χ1) is 7.75. The van der Waals surface area contributed by atoms with E-state index in [4.69, 9.17) is 5.11 Å². The molecular formula is C13H15NO2. The van der Waals surface area contributed by atoms with Gasteiger partial charge in [0.25, 0.3) is 0 Å². The molecule has 2 atom stereocenters. The first-order valence-electron chi connectivity index (χ1n) is 5.81. The molecule has 2 unspecified atom stereocenters. The van der Waals surface area contributed by atoms with Gasteiger partial charge in [0.2, 0.25) is 0 Å². The number of hydrogen-bond acceptors (Lipinski definition) is 2. The number of carbonyl (C=O) groups is 1. The summed E-state index contributed by atoms with van der Waals surface area (Å²) >= 11 is 0. The lowest BCUT2D eigenvalue weighted by molar-refractivity contribution is -0.138. The first kappa shape index (κ1) is 9.85. The van der Waals surface area contributed by atoms with Gasteiger partial charge in [0, 0.05) is 6.54 Å². The third-order valence-electron chi connectivity index (χ3n) is 3.65. The average Bonchev–Trinajstić information content (AvgIpc) is 3.08. The smallest absolute Gasteiger partial charge is 0.307 e.